The Hall–Kier alpha value is -1.53. The quantitative estimate of drug-likeness (QED) is 0.715. The summed E-state index contributed by atoms with van der Waals surface area (Å²) in [5.74, 6) is 0.987. The number of nitrogens with one attached hydrogen (secondary N) is 1. The zero-order valence-electron chi connectivity index (χ0n) is 13.4. The van der Waals surface area contributed by atoms with E-state index in [9.17, 15) is 4.79 Å². The monoisotopic (exact) mass is 453 g/mol. The van der Waals surface area contributed by atoms with E-state index in [0.717, 1.165) is 22.9 Å². The standard InChI is InChI=1S/C18H17Br2NO3/c1-23-14-9-11(10-15(24-2)16(14)20)17(22)21-18(7-8-18)12-3-5-13(19)6-4-12/h3-6,9-10H,7-8H2,1-2H3,(H,21,22). The molecule has 0 bridgehead atoms. The van der Waals surface area contributed by atoms with Crippen LogP contribution in [0, 0.1) is 0 Å². The summed E-state index contributed by atoms with van der Waals surface area (Å²) in [7, 11) is 3.12. The summed E-state index contributed by atoms with van der Waals surface area (Å²) >= 11 is 6.86. The molecule has 1 fully saturated rings. The van der Waals surface area contributed by atoms with E-state index in [-0.39, 0.29) is 11.4 Å². The number of carbonyl (C=O) groups is 1. The van der Waals surface area contributed by atoms with Crippen LogP contribution in [0.5, 0.6) is 11.5 Å². The van der Waals surface area contributed by atoms with Crippen LogP contribution in [0.3, 0.4) is 0 Å². The second-order valence-corrected chi connectivity index (χ2v) is 7.45. The van der Waals surface area contributed by atoms with Crippen molar-refractivity contribution in [3.05, 3.63) is 56.5 Å². The van der Waals surface area contributed by atoms with E-state index < -0.39 is 0 Å². The van der Waals surface area contributed by atoms with Crippen molar-refractivity contribution in [2.45, 2.75) is 18.4 Å². The van der Waals surface area contributed by atoms with Gasteiger partial charge in [-0.15, -0.1) is 0 Å². The number of rotatable bonds is 5. The molecule has 126 valence electrons. The van der Waals surface area contributed by atoms with Crippen LogP contribution in [-0.2, 0) is 5.54 Å². The van der Waals surface area contributed by atoms with Crippen LogP contribution in [0.15, 0.2) is 45.3 Å². The molecule has 0 heterocycles. The van der Waals surface area contributed by atoms with Crippen molar-refractivity contribution in [1.29, 1.82) is 0 Å². The Bertz CT molecular complexity index is 745. The van der Waals surface area contributed by atoms with Gasteiger partial charge in [-0.25, -0.2) is 0 Å². The predicted octanol–water partition coefficient (Wildman–Crippen LogP) is 4.65. The first-order valence-corrected chi connectivity index (χ1v) is 9.08. The lowest BCUT2D eigenvalue weighted by Gasteiger charge is -2.19. The summed E-state index contributed by atoms with van der Waals surface area (Å²) in [5.41, 5.74) is 1.36. The Balaban J connectivity index is 1.86. The molecule has 1 aliphatic rings. The number of ether oxygens (including phenoxy) is 2. The van der Waals surface area contributed by atoms with Gasteiger partial charge < -0.3 is 14.8 Å². The molecule has 0 spiro atoms. The molecular weight excluding hydrogens is 438 g/mol. The fourth-order valence-corrected chi connectivity index (χ4v) is 3.49. The van der Waals surface area contributed by atoms with Crippen molar-refractivity contribution in [2.24, 2.45) is 0 Å². The van der Waals surface area contributed by atoms with Crippen molar-refractivity contribution in [3.63, 3.8) is 0 Å². The van der Waals surface area contributed by atoms with Gasteiger partial charge in [-0.05, 0) is 58.6 Å². The fraction of sp³-hybridized carbons (Fsp3) is 0.278. The van der Waals surface area contributed by atoms with Gasteiger partial charge in [0.25, 0.3) is 5.91 Å². The zero-order valence-corrected chi connectivity index (χ0v) is 16.5. The minimum Gasteiger partial charge on any atom is -0.495 e. The van der Waals surface area contributed by atoms with Gasteiger partial charge in [0, 0.05) is 10.0 Å². The summed E-state index contributed by atoms with van der Waals surface area (Å²) in [4.78, 5) is 12.7. The van der Waals surface area contributed by atoms with Crippen LogP contribution in [0.1, 0.15) is 28.8 Å². The van der Waals surface area contributed by atoms with E-state index in [4.69, 9.17) is 9.47 Å². The van der Waals surface area contributed by atoms with E-state index in [1.165, 1.54) is 0 Å². The summed E-state index contributed by atoms with van der Waals surface area (Å²) in [6, 6.07) is 11.5. The average Bonchev–Trinajstić information content (AvgIpc) is 3.36. The van der Waals surface area contributed by atoms with Crippen LogP contribution in [-0.4, -0.2) is 20.1 Å². The number of benzene rings is 2. The topological polar surface area (TPSA) is 47.6 Å². The normalized spacial score (nSPS) is 14.8. The molecule has 0 aliphatic heterocycles. The van der Waals surface area contributed by atoms with Crippen LogP contribution in [0.2, 0.25) is 0 Å². The Morgan fingerprint density at radius 1 is 1.04 bits per heavy atom. The number of hydrogen-bond acceptors (Lipinski definition) is 3. The van der Waals surface area contributed by atoms with E-state index in [2.05, 4.69) is 37.2 Å². The predicted molar refractivity (Wildman–Crippen MR) is 99.8 cm³/mol. The van der Waals surface area contributed by atoms with Gasteiger partial charge in [0.1, 0.15) is 16.0 Å². The number of methoxy groups -OCH3 is 2. The molecule has 2 aromatic carbocycles. The third-order valence-corrected chi connectivity index (χ3v) is 5.52. The van der Waals surface area contributed by atoms with Crippen molar-refractivity contribution >= 4 is 37.8 Å². The maximum absolute atomic E-state index is 12.7. The lowest BCUT2D eigenvalue weighted by molar-refractivity contribution is 0.0930. The molecule has 2 aromatic rings. The summed E-state index contributed by atoms with van der Waals surface area (Å²) < 4.78 is 12.3. The minimum atomic E-state index is -0.272. The second-order valence-electron chi connectivity index (χ2n) is 5.74. The maximum Gasteiger partial charge on any atom is 0.252 e. The van der Waals surface area contributed by atoms with E-state index in [0.29, 0.717) is 21.5 Å². The van der Waals surface area contributed by atoms with Crippen molar-refractivity contribution < 1.29 is 14.3 Å². The lowest BCUT2D eigenvalue weighted by Crippen LogP contribution is -2.34. The molecule has 1 N–H and O–H groups in total. The molecule has 0 radical (unpaired) electrons. The molecule has 0 unspecified atom stereocenters. The van der Waals surface area contributed by atoms with E-state index in [1.807, 2.05) is 24.3 Å². The van der Waals surface area contributed by atoms with Gasteiger partial charge >= 0.3 is 0 Å². The first-order chi connectivity index (χ1) is 11.5. The lowest BCUT2D eigenvalue weighted by atomic mass is 10.0. The smallest absolute Gasteiger partial charge is 0.252 e. The summed E-state index contributed by atoms with van der Waals surface area (Å²) in [5, 5.41) is 3.16. The highest BCUT2D eigenvalue weighted by atomic mass is 79.9. The Morgan fingerprint density at radius 2 is 1.58 bits per heavy atom. The first-order valence-electron chi connectivity index (χ1n) is 7.49. The zero-order chi connectivity index (χ0) is 17.3. The fourth-order valence-electron chi connectivity index (χ4n) is 2.67. The Labute approximate surface area is 157 Å². The summed E-state index contributed by atoms with van der Waals surface area (Å²) in [6.45, 7) is 0. The van der Waals surface area contributed by atoms with Gasteiger partial charge in [0.2, 0.25) is 0 Å². The van der Waals surface area contributed by atoms with Crippen molar-refractivity contribution in [1.82, 2.24) is 5.32 Å². The molecular formula is C18H17Br2NO3. The molecule has 0 saturated heterocycles. The first kappa shape index (κ1) is 17.3. The van der Waals surface area contributed by atoms with Crippen molar-refractivity contribution in [3.8, 4) is 11.5 Å². The number of amides is 1. The molecule has 1 amide bonds. The van der Waals surface area contributed by atoms with Gasteiger partial charge in [0.15, 0.2) is 0 Å². The molecule has 0 aromatic heterocycles. The van der Waals surface area contributed by atoms with E-state index >= 15 is 0 Å². The molecule has 1 aliphatic carbocycles. The largest absolute Gasteiger partial charge is 0.495 e. The summed E-state index contributed by atoms with van der Waals surface area (Å²) in [6.07, 6.45) is 1.87. The number of carbonyl (C=O) groups excluding carboxylic acids is 1. The molecule has 6 heteroatoms. The van der Waals surface area contributed by atoms with Gasteiger partial charge in [0.05, 0.1) is 19.8 Å². The molecule has 4 nitrogen and oxygen atoms in total. The third-order valence-electron chi connectivity index (χ3n) is 4.21. The van der Waals surface area contributed by atoms with Crippen LogP contribution < -0.4 is 14.8 Å². The maximum atomic E-state index is 12.7. The SMILES string of the molecule is COc1cc(C(=O)NC2(c3ccc(Br)cc3)CC2)cc(OC)c1Br. The second kappa shape index (κ2) is 6.76. The number of halogens is 2. The highest BCUT2D eigenvalue weighted by Gasteiger charge is 2.45. The van der Waals surface area contributed by atoms with Crippen molar-refractivity contribution in [2.75, 3.05) is 14.2 Å². The van der Waals surface area contributed by atoms with Gasteiger partial charge in [-0.3, -0.25) is 4.79 Å². The van der Waals surface area contributed by atoms with Crippen LogP contribution >= 0.6 is 31.9 Å². The van der Waals surface area contributed by atoms with E-state index in [1.54, 1.807) is 26.4 Å². The number of hydrogen-bond donors (Lipinski definition) is 1. The highest BCUT2D eigenvalue weighted by Crippen LogP contribution is 2.46. The molecule has 3 rings (SSSR count). The van der Waals surface area contributed by atoms with Crippen LogP contribution in [0.25, 0.3) is 0 Å². The minimum absolute atomic E-state index is 0.139. The van der Waals surface area contributed by atoms with Crippen LogP contribution in [0.4, 0.5) is 0 Å². The Morgan fingerprint density at radius 3 is 2.04 bits per heavy atom. The average molecular weight is 455 g/mol. The Kier molecular flexibility index (Phi) is 4.88. The van der Waals surface area contributed by atoms with Gasteiger partial charge in [-0.2, -0.15) is 0 Å². The third kappa shape index (κ3) is 3.30. The molecule has 24 heavy (non-hydrogen) atoms. The molecule has 0 atom stereocenters. The highest BCUT2D eigenvalue weighted by molar-refractivity contribution is 9.11. The van der Waals surface area contributed by atoms with Gasteiger partial charge in [-0.1, -0.05) is 28.1 Å². The molecule has 1 saturated carbocycles.